The third kappa shape index (κ3) is 4.49. The second kappa shape index (κ2) is 8.48. The molecule has 0 bridgehead atoms. The van der Waals surface area contributed by atoms with Crippen LogP contribution in [0.25, 0.3) is 17.0 Å². The summed E-state index contributed by atoms with van der Waals surface area (Å²) in [7, 11) is 0. The van der Waals surface area contributed by atoms with Gasteiger partial charge in [0.25, 0.3) is 0 Å². The van der Waals surface area contributed by atoms with E-state index in [1.54, 1.807) is 0 Å². The Morgan fingerprint density at radius 1 is 1.10 bits per heavy atom. The van der Waals surface area contributed by atoms with E-state index in [-0.39, 0.29) is 32.0 Å². The zero-order valence-corrected chi connectivity index (χ0v) is 16.8. The summed E-state index contributed by atoms with van der Waals surface area (Å²) in [5.41, 5.74) is -1.41. The molecule has 30 heavy (non-hydrogen) atoms. The fraction of sp³-hybridized carbons (Fsp3) is 0.0526. The number of allylic oxidation sites excluding steroid dienone is 2. The minimum Gasteiger partial charge on any atom is -0.289 e. The van der Waals surface area contributed by atoms with Gasteiger partial charge in [-0.05, 0) is 35.9 Å². The van der Waals surface area contributed by atoms with Crippen molar-refractivity contribution in [2.75, 3.05) is 0 Å². The lowest BCUT2D eigenvalue weighted by Crippen LogP contribution is -2.13. The number of aromatic amines is 1. The number of nitrogens with zero attached hydrogens (tertiary/aromatic N) is 3. The number of carbonyl (C=O) groups excluding carboxylic acids is 1. The van der Waals surface area contributed by atoms with E-state index < -0.39 is 23.1 Å². The highest BCUT2D eigenvalue weighted by Gasteiger charge is 2.36. The third-order valence-electron chi connectivity index (χ3n) is 3.97. The van der Waals surface area contributed by atoms with Crippen molar-refractivity contribution in [3.05, 3.63) is 74.5 Å². The lowest BCUT2D eigenvalue weighted by molar-refractivity contribution is -0.0689. The normalized spacial score (nSPS) is 12.0. The highest BCUT2D eigenvalue weighted by Crippen LogP contribution is 2.39. The highest BCUT2D eigenvalue weighted by molar-refractivity contribution is 6.48. The van der Waals surface area contributed by atoms with Crippen molar-refractivity contribution in [2.24, 2.45) is 0 Å². The van der Waals surface area contributed by atoms with Gasteiger partial charge in [-0.25, -0.2) is 4.98 Å². The first kappa shape index (κ1) is 21.8. The van der Waals surface area contributed by atoms with Crippen LogP contribution < -0.4 is 0 Å². The van der Waals surface area contributed by atoms with Gasteiger partial charge in [-0.1, -0.05) is 40.9 Å². The summed E-state index contributed by atoms with van der Waals surface area (Å²) in [6.07, 6.45) is -3.23. The molecule has 0 aliphatic heterocycles. The van der Waals surface area contributed by atoms with Crippen molar-refractivity contribution in [1.29, 1.82) is 5.26 Å². The summed E-state index contributed by atoms with van der Waals surface area (Å²) in [5.74, 6) is -0.687. The van der Waals surface area contributed by atoms with Crippen LogP contribution in [0.4, 0.5) is 13.2 Å². The molecule has 0 fully saturated rings. The first-order valence-corrected chi connectivity index (χ1v) is 9.13. The molecule has 3 rings (SSSR count). The zero-order valence-electron chi connectivity index (χ0n) is 14.6. The number of carbonyl (C=O) groups is 1. The molecule has 2 aromatic carbocycles. The van der Waals surface area contributed by atoms with Gasteiger partial charge < -0.3 is 0 Å². The fourth-order valence-corrected chi connectivity index (χ4v) is 3.18. The minimum absolute atomic E-state index is 0.0390. The third-order valence-corrected chi connectivity index (χ3v) is 5.17. The summed E-state index contributed by atoms with van der Waals surface area (Å²) in [6, 6.07) is 7.67. The Morgan fingerprint density at radius 3 is 2.30 bits per heavy atom. The van der Waals surface area contributed by atoms with Gasteiger partial charge in [0.15, 0.2) is 11.6 Å². The standard InChI is InChI=1S/C19H8Cl3F3N4O/c20-14-4-10(5-15(21)17(14)22)13(19(23,24)25)6-16(30)9-1-2-12(11(3-9)7-26)18-27-8-28-29-18/h1-6,8H,(H,27,28,29)/b13-6-. The van der Waals surface area contributed by atoms with E-state index in [4.69, 9.17) is 34.8 Å². The first-order valence-electron chi connectivity index (χ1n) is 8.00. The molecule has 3 aromatic rings. The molecule has 1 heterocycles. The first-order chi connectivity index (χ1) is 14.1. The van der Waals surface area contributed by atoms with Crippen molar-refractivity contribution in [1.82, 2.24) is 15.2 Å². The Hall–Kier alpha value is -2.86. The largest absolute Gasteiger partial charge is 0.417 e. The van der Waals surface area contributed by atoms with Gasteiger partial charge in [-0.15, -0.1) is 0 Å². The Morgan fingerprint density at radius 2 is 1.77 bits per heavy atom. The van der Waals surface area contributed by atoms with E-state index in [9.17, 15) is 23.2 Å². The van der Waals surface area contributed by atoms with Gasteiger partial charge in [0.2, 0.25) is 0 Å². The number of hydrogen-bond donors (Lipinski definition) is 1. The number of ketones is 1. The van der Waals surface area contributed by atoms with E-state index in [1.165, 1.54) is 24.5 Å². The molecule has 152 valence electrons. The van der Waals surface area contributed by atoms with Crippen LogP contribution in [0.2, 0.25) is 15.1 Å². The maximum Gasteiger partial charge on any atom is 0.417 e. The summed E-state index contributed by atoms with van der Waals surface area (Å²) < 4.78 is 40.9. The van der Waals surface area contributed by atoms with Crippen LogP contribution in [0.5, 0.6) is 0 Å². The van der Waals surface area contributed by atoms with E-state index in [0.717, 1.165) is 12.1 Å². The van der Waals surface area contributed by atoms with Crippen LogP contribution in [-0.4, -0.2) is 27.1 Å². The molecule has 0 saturated carbocycles. The molecular formula is C19H8Cl3F3N4O. The van der Waals surface area contributed by atoms with Gasteiger partial charge >= 0.3 is 6.18 Å². The molecule has 0 aliphatic rings. The van der Waals surface area contributed by atoms with Gasteiger partial charge in [0.1, 0.15) is 6.33 Å². The number of rotatable bonds is 4. The second-order valence-corrected chi connectivity index (χ2v) is 7.07. The van der Waals surface area contributed by atoms with E-state index >= 15 is 0 Å². The molecule has 0 atom stereocenters. The second-order valence-electron chi connectivity index (χ2n) is 5.88. The van der Waals surface area contributed by atoms with E-state index in [0.29, 0.717) is 11.6 Å². The average molecular weight is 472 g/mol. The summed E-state index contributed by atoms with van der Waals surface area (Å²) >= 11 is 17.4. The monoisotopic (exact) mass is 470 g/mol. The summed E-state index contributed by atoms with van der Waals surface area (Å²) in [5, 5.41) is 15.1. The van der Waals surface area contributed by atoms with Crippen LogP contribution in [0.3, 0.4) is 0 Å². The van der Waals surface area contributed by atoms with Crippen molar-refractivity contribution >= 4 is 46.2 Å². The number of hydrogen-bond acceptors (Lipinski definition) is 4. The molecule has 0 saturated heterocycles. The Kier molecular flexibility index (Phi) is 6.17. The number of benzene rings is 2. The van der Waals surface area contributed by atoms with Crippen LogP contribution >= 0.6 is 34.8 Å². The van der Waals surface area contributed by atoms with Crippen LogP contribution in [0.15, 0.2) is 42.7 Å². The predicted molar refractivity (Wildman–Crippen MR) is 106 cm³/mol. The maximum absolute atomic E-state index is 13.6. The van der Waals surface area contributed by atoms with Gasteiger partial charge in [0.05, 0.1) is 32.3 Å². The number of H-pyrrole nitrogens is 1. The molecule has 0 unspecified atom stereocenters. The average Bonchev–Trinajstić information content (AvgIpc) is 3.22. The zero-order chi connectivity index (χ0) is 22.1. The fourth-order valence-electron chi connectivity index (χ4n) is 2.59. The highest BCUT2D eigenvalue weighted by atomic mass is 35.5. The Balaban J connectivity index is 2.07. The minimum atomic E-state index is -4.88. The number of nitrogens with one attached hydrogen (secondary N) is 1. The molecule has 1 N–H and O–H groups in total. The Labute approximate surface area is 182 Å². The quantitative estimate of drug-likeness (QED) is 0.282. The topological polar surface area (TPSA) is 82.4 Å². The summed E-state index contributed by atoms with van der Waals surface area (Å²) in [6.45, 7) is 0. The molecule has 0 spiro atoms. The SMILES string of the molecule is N#Cc1cc(C(=O)/C=C(/c2cc(Cl)c(Cl)c(Cl)c2)C(F)(F)F)ccc1-c1ncn[nH]1. The summed E-state index contributed by atoms with van der Waals surface area (Å²) in [4.78, 5) is 16.5. The van der Waals surface area contributed by atoms with Gasteiger partial charge in [-0.3, -0.25) is 9.89 Å². The molecule has 5 nitrogen and oxygen atoms in total. The van der Waals surface area contributed by atoms with Crippen molar-refractivity contribution < 1.29 is 18.0 Å². The van der Waals surface area contributed by atoms with Gasteiger partial charge in [-0.2, -0.15) is 23.5 Å². The molecule has 1 aromatic heterocycles. The number of nitriles is 1. The van der Waals surface area contributed by atoms with Crippen LogP contribution in [0, 0.1) is 11.3 Å². The van der Waals surface area contributed by atoms with E-state index in [1.807, 2.05) is 6.07 Å². The molecule has 0 radical (unpaired) electrons. The molecule has 11 heteroatoms. The number of halogens is 6. The molecule has 0 amide bonds. The number of alkyl halides is 3. The smallest absolute Gasteiger partial charge is 0.289 e. The molecule has 0 aliphatic carbocycles. The van der Waals surface area contributed by atoms with Crippen molar-refractivity contribution in [3.8, 4) is 17.5 Å². The Bertz CT molecular complexity index is 1180. The van der Waals surface area contributed by atoms with Crippen molar-refractivity contribution in [2.45, 2.75) is 6.18 Å². The predicted octanol–water partition coefficient (Wildman–Crippen LogP) is 6.13. The lowest BCUT2D eigenvalue weighted by atomic mass is 9.98. The lowest BCUT2D eigenvalue weighted by Gasteiger charge is -2.13. The van der Waals surface area contributed by atoms with Gasteiger partial charge in [0, 0.05) is 11.1 Å². The van der Waals surface area contributed by atoms with Crippen LogP contribution in [-0.2, 0) is 0 Å². The van der Waals surface area contributed by atoms with E-state index in [2.05, 4.69) is 15.2 Å². The van der Waals surface area contributed by atoms with Crippen molar-refractivity contribution in [3.63, 3.8) is 0 Å². The maximum atomic E-state index is 13.6. The number of aromatic nitrogens is 3. The molecular weight excluding hydrogens is 464 g/mol. The van der Waals surface area contributed by atoms with Crippen LogP contribution in [0.1, 0.15) is 21.5 Å².